The van der Waals surface area contributed by atoms with E-state index in [9.17, 15) is 9.90 Å². The smallest absolute Gasteiger partial charge is 0.324 e. The molecule has 0 spiro atoms. The molecule has 1 aromatic carbocycles. The monoisotopic (exact) mass is 205 g/mol. The molecule has 1 atom stereocenters. The molecule has 1 aromatic rings. The summed E-state index contributed by atoms with van der Waals surface area (Å²) in [6.45, 7) is 0. The standard InChI is InChI=1S/C12H15NO2/c1-13-12(11(14)15)7-6-9-4-2-3-5-10(9)8-12/h2-5,13H,6-8H2,1H3,(H,14,15)/t12-/m1/s1. The number of carbonyl (C=O) groups is 1. The summed E-state index contributed by atoms with van der Waals surface area (Å²) >= 11 is 0. The number of aryl methyl sites for hydroxylation is 1. The molecular formula is C12H15NO2. The Labute approximate surface area is 89.1 Å². The van der Waals surface area contributed by atoms with Gasteiger partial charge < -0.3 is 10.4 Å². The maximum absolute atomic E-state index is 11.3. The van der Waals surface area contributed by atoms with Crippen molar-refractivity contribution < 1.29 is 9.90 Å². The predicted octanol–water partition coefficient (Wildman–Crippen LogP) is 1.22. The number of likely N-dealkylation sites (N-methyl/N-ethyl adjacent to an activating group) is 1. The van der Waals surface area contributed by atoms with Crippen LogP contribution in [0.15, 0.2) is 24.3 Å². The van der Waals surface area contributed by atoms with Gasteiger partial charge in [-0.15, -0.1) is 0 Å². The second-order valence-corrected chi connectivity index (χ2v) is 4.08. The second kappa shape index (κ2) is 3.66. The fourth-order valence-corrected chi connectivity index (χ4v) is 2.24. The van der Waals surface area contributed by atoms with Gasteiger partial charge in [-0.1, -0.05) is 24.3 Å². The first-order valence-corrected chi connectivity index (χ1v) is 5.17. The van der Waals surface area contributed by atoms with E-state index in [1.807, 2.05) is 18.2 Å². The molecule has 0 aromatic heterocycles. The van der Waals surface area contributed by atoms with Crippen LogP contribution in [0.2, 0.25) is 0 Å². The largest absolute Gasteiger partial charge is 0.480 e. The summed E-state index contributed by atoms with van der Waals surface area (Å²) in [7, 11) is 1.72. The number of hydrogen-bond acceptors (Lipinski definition) is 2. The van der Waals surface area contributed by atoms with Crippen LogP contribution in [-0.2, 0) is 17.6 Å². The highest BCUT2D eigenvalue weighted by Crippen LogP contribution is 2.28. The first-order chi connectivity index (χ1) is 7.18. The van der Waals surface area contributed by atoms with E-state index in [-0.39, 0.29) is 0 Å². The van der Waals surface area contributed by atoms with Crippen molar-refractivity contribution in [1.29, 1.82) is 0 Å². The van der Waals surface area contributed by atoms with Gasteiger partial charge in [0.05, 0.1) is 0 Å². The minimum atomic E-state index is -0.769. The van der Waals surface area contributed by atoms with Crippen molar-refractivity contribution >= 4 is 5.97 Å². The second-order valence-electron chi connectivity index (χ2n) is 4.08. The summed E-state index contributed by atoms with van der Waals surface area (Å²) in [6, 6.07) is 8.07. The van der Waals surface area contributed by atoms with Crippen molar-refractivity contribution in [3.8, 4) is 0 Å². The topological polar surface area (TPSA) is 49.3 Å². The molecule has 1 aliphatic rings. The molecule has 0 aliphatic heterocycles. The summed E-state index contributed by atoms with van der Waals surface area (Å²) in [6.07, 6.45) is 2.08. The molecule has 0 radical (unpaired) electrons. The Morgan fingerprint density at radius 2 is 2.07 bits per heavy atom. The van der Waals surface area contributed by atoms with E-state index in [0.29, 0.717) is 12.8 Å². The lowest BCUT2D eigenvalue weighted by atomic mass is 9.78. The predicted molar refractivity (Wildman–Crippen MR) is 57.9 cm³/mol. The van der Waals surface area contributed by atoms with Gasteiger partial charge in [0.25, 0.3) is 0 Å². The lowest BCUT2D eigenvalue weighted by Gasteiger charge is -2.34. The fourth-order valence-electron chi connectivity index (χ4n) is 2.24. The van der Waals surface area contributed by atoms with Crippen LogP contribution in [0.3, 0.4) is 0 Å². The van der Waals surface area contributed by atoms with Crippen LogP contribution < -0.4 is 5.32 Å². The quantitative estimate of drug-likeness (QED) is 0.763. The maximum atomic E-state index is 11.3. The van der Waals surface area contributed by atoms with Gasteiger partial charge in [-0.3, -0.25) is 4.79 Å². The number of aliphatic carboxylic acids is 1. The molecule has 0 fully saturated rings. The van der Waals surface area contributed by atoms with E-state index in [1.165, 1.54) is 5.56 Å². The van der Waals surface area contributed by atoms with Gasteiger partial charge in [-0.05, 0) is 31.0 Å². The summed E-state index contributed by atoms with van der Waals surface area (Å²) in [4.78, 5) is 11.3. The highest BCUT2D eigenvalue weighted by atomic mass is 16.4. The van der Waals surface area contributed by atoms with Gasteiger partial charge >= 0.3 is 5.97 Å². The van der Waals surface area contributed by atoms with Gasteiger partial charge in [-0.2, -0.15) is 0 Å². The Balaban J connectivity index is 2.35. The zero-order chi connectivity index (χ0) is 10.9. The number of nitrogens with one attached hydrogen (secondary N) is 1. The number of rotatable bonds is 2. The van der Waals surface area contributed by atoms with E-state index >= 15 is 0 Å². The molecular weight excluding hydrogens is 190 g/mol. The number of benzene rings is 1. The summed E-state index contributed by atoms with van der Waals surface area (Å²) in [5.41, 5.74) is 1.67. The Bertz CT molecular complexity index is 389. The zero-order valence-corrected chi connectivity index (χ0v) is 8.79. The molecule has 2 rings (SSSR count). The van der Waals surface area contributed by atoms with Crippen molar-refractivity contribution in [2.24, 2.45) is 0 Å². The molecule has 1 aliphatic carbocycles. The first kappa shape index (κ1) is 10.2. The summed E-state index contributed by atoms with van der Waals surface area (Å²) in [5.74, 6) is -0.750. The normalized spacial score (nSPS) is 24.6. The van der Waals surface area contributed by atoms with Gasteiger partial charge in [0, 0.05) is 6.42 Å². The van der Waals surface area contributed by atoms with Gasteiger partial charge in [-0.25, -0.2) is 0 Å². The highest BCUT2D eigenvalue weighted by molar-refractivity contribution is 5.79. The van der Waals surface area contributed by atoms with Crippen LogP contribution in [0.1, 0.15) is 17.5 Å². The molecule has 80 valence electrons. The minimum Gasteiger partial charge on any atom is -0.480 e. The van der Waals surface area contributed by atoms with Crippen LogP contribution in [0, 0.1) is 0 Å². The van der Waals surface area contributed by atoms with E-state index in [2.05, 4.69) is 11.4 Å². The average molecular weight is 205 g/mol. The first-order valence-electron chi connectivity index (χ1n) is 5.17. The molecule has 0 heterocycles. The van der Waals surface area contributed by atoms with Crippen LogP contribution >= 0.6 is 0 Å². The molecule has 0 amide bonds. The van der Waals surface area contributed by atoms with E-state index < -0.39 is 11.5 Å². The van der Waals surface area contributed by atoms with Crippen molar-refractivity contribution in [3.05, 3.63) is 35.4 Å². The van der Waals surface area contributed by atoms with Crippen LogP contribution in [0.5, 0.6) is 0 Å². The molecule has 3 nitrogen and oxygen atoms in total. The van der Waals surface area contributed by atoms with Gasteiger partial charge in [0.1, 0.15) is 5.54 Å². The number of carboxylic acid groups (broad SMARTS) is 1. The van der Waals surface area contributed by atoms with Crippen molar-refractivity contribution in [2.45, 2.75) is 24.8 Å². The molecule has 3 heteroatoms. The average Bonchev–Trinajstić information content (AvgIpc) is 2.28. The summed E-state index contributed by atoms with van der Waals surface area (Å²) < 4.78 is 0. The van der Waals surface area contributed by atoms with E-state index in [1.54, 1.807) is 7.05 Å². The fraction of sp³-hybridized carbons (Fsp3) is 0.417. The lowest BCUT2D eigenvalue weighted by Crippen LogP contribution is -2.54. The minimum absolute atomic E-state index is 0.578. The van der Waals surface area contributed by atoms with Crippen LogP contribution in [0.4, 0.5) is 0 Å². The van der Waals surface area contributed by atoms with E-state index in [4.69, 9.17) is 0 Å². The highest BCUT2D eigenvalue weighted by Gasteiger charge is 2.39. The number of carboxylic acids is 1. The molecule has 0 bridgehead atoms. The SMILES string of the molecule is CN[C@]1(C(=O)O)CCc2ccccc2C1. The Hall–Kier alpha value is -1.35. The maximum Gasteiger partial charge on any atom is 0.324 e. The molecule has 2 N–H and O–H groups in total. The zero-order valence-electron chi connectivity index (χ0n) is 8.79. The third kappa shape index (κ3) is 1.63. The third-order valence-electron chi connectivity index (χ3n) is 3.32. The molecule has 0 unspecified atom stereocenters. The van der Waals surface area contributed by atoms with Crippen molar-refractivity contribution in [3.63, 3.8) is 0 Å². The third-order valence-corrected chi connectivity index (χ3v) is 3.32. The lowest BCUT2D eigenvalue weighted by molar-refractivity contribution is -0.145. The van der Waals surface area contributed by atoms with Crippen molar-refractivity contribution in [1.82, 2.24) is 5.32 Å². The molecule has 0 saturated carbocycles. The molecule has 0 saturated heterocycles. The van der Waals surface area contributed by atoms with Crippen LogP contribution in [0.25, 0.3) is 0 Å². The molecule has 15 heavy (non-hydrogen) atoms. The van der Waals surface area contributed by atoms with E-state index in [0.717, 1.165) is 12.0 Å². The van der Waals surface area contributed by atoms with Gasteiger partial charge in [0.2, 0.25) is 0 Å². The number of fused-ring (bicyclic) bond motifs is 1. The van der Waals surface area contributed by atoms with Crippen molar-refractivity contribution in [2.75, 3.05) is 7.05 Å². The summed E-state index contributed by atoms with van der Waals surface area (Å²) in [5, 5.41) is 12.2. The Morgan fingerprint density at radius 1 is 1.40 bits per heavy atom. The van der Waals surface area contributed by atoms with Crippen LogP contribution in [-0.4, -0.2) is 23.7 Å². The Kier molecular flexibility index (Phi) is 2.49. The van der Waals surface area contributed by atoms with Gasteiger partial charge in [0.15, 0.2) is 0 Å². The Morgan fingerprint density at radius 3 is 2.67 bits per heavy atom. The number of hydrogen-bond donors (Lipinski definition) is 2.